The zero-order valence-corrected chi connectivity index (χ0v) is 9.65. The SMILES string of the molecule is IC/C=C/C=C/Cc1ccccc1. The van der Waals surface area contributed by atoms with Crippen molar-refractivity contribution in [2.24, 2.45) is 0 Å². The number of hydrogen-bond donors (Lipinski definition) is 0. The molecule has 0 atom stereocenters. The molecule has 1 aromatic rings. The van der Waals surface area contributed by atoms with Crippen LogP contribution in [0.1, 0.15) is 5.56 Å². The van der Waals surface area contributed by atoms with Crippen molar-refractivity contribution < 1.29 is 0 Å². The molecule has 0 aliphatic carbocycles. The summed E-state index contributed by atoms with van der Waals surface area (Å²) in [6.07, 6.45) is 9.54. The largest absolute Gasteiger partial charge is 0.0818 e. The van der Waals surface area contributed by atoms with Crippen LogP contribution in [-0.2, 0) is 6.42 Å². The second kappa shape index (κ2) is 6.89. The van der Waals surface area contributed by atoms with Crippen LogP contribution < -0.4 is 0 Å². The van der Waals surface area contributed by atoms with E-state index in [1.54, 1.807) is 0 Å². The molecule has 0 spiro atoms. The Kier molecular flexibility index (Phi) is 5.57. The van der Waals surface area contributed by atoms with Gasteiger partial charge in [-0.1, -0.05) is 77.2 Å². The Morgan fingerprint density at radius 2 is 1.69 bits per heavy atom. The van der Waals surface area contributed by atoms with Crippen molar-refractivity contribution >= 4 is 22.6 Å². The third-order valence-corrected chi connectivity index (χ3v) is 2.18. The van der Waals surface area contributed by atoms with Gasteiger partial charge in [-0.2, -0.15) is 0 Å². The maximum Gasteiger partial charge on any atom is 0.0178 e. The van der Waals surface area contributed by atoms with E-state index < -0.39 is 0 Å². The van der Waals surface area contributed by atoms with Crippen LogP contribution in [0.15, 0.2) is 54.6 Å². The molecule has 0 saturated carbocycles. The van der Waals surface area contributed by atoms with Gasteiger partial charge < -0.3 is 0 Å². The van der Waals surface area contributed by atoms with E-state index in [-0.39, 0.29) is 0 Å². The number of hydrogen-bond acceptors (Lipinski definition) is 0. The molecule has 13 heavy (non-hydrogen) atoms. The van der Waals surface area contributed by atoms with Gasteiger partial charge in [-0.15, -0.1) is 0 Å². The van der Waals surface area contributed by atoms with E-state index in [1.807, 2.05) is 6.07 Å². The summed E-state index contributed by atoms with van der Waals surface area (Å²) in [7, 11) is 0. The lowest BCUT2D eigenvalue weighted by Gasteiger charge is -1.92. The van der Waals surface area contributed by atoms with Crippen LogP contribution in [0, 0.1) is 0 Å². The summed E-state index contributed by atoms with van der Waals surface area (Å²) in [6, 6.07) is 10.5. The molecule has 1 aromatic carbocycles. The Balaban J connectivity index is 2.35. The molecule has 0 aromatic heterocycles. The maximum atomic E-state index is 2.33. The molecular formula is C12H13I. The van der Waals surface area contributed by atoms with Crippen LogP contribution in [0.25, 0.3) is 0 Å². The van der Waals surface area contributed by atoms with Gasteiger partial charge in [0.2, 0.25) is 0 Å². The fourth-order valence-corrected chi connectivity index (χ4v) is 1.32. The Morgan fingerprint density at radius 1 is 1.00 bits per heavy atom. The average Bonchev–Trinajstić information content (AvgIpc) is 2.19. The van der Waals surface area contributed by atoms with Crippen molar-refractivity contribution in [2.75, 3.05) is 4.43 Å². The molecule has 0 fully saturated rings. The Labute approximate surface area is 93.5 Å². The summed E-state index contributed by atoms with van der Waals surface area (Å²) < 4.78 is 1.08. The molecule has 1 rings (SSSR count). The average molecular weight is 284 g/mol. The molecule has 0 saturated heterocycles. The van der Waals surface area contributed by atoms with E-state index in [4.69, 9.17) is 0 Å². The summed E-state index contributed by atoms with van der Waals surface area (Å²) >= 11 is 2.33. The smallest absolute Gasteiger partial charge is 0.0178 e. The first-order valence-corrected chi connectivity index (χ1v) is 5.87. The number of rotatable bonds is 4. The first kappa shape index (κ1) is 10.5. The second-order valence-electron chi connectivity index (χ2n) is 2.70. The highest BCUT2D eigenvalue weighted by molar-refractivity contribution is 14.1. The lowest BCUT2D eigenvalue weighted by atomic mass is 10.1. The first-order valence-electron chi connectivity index (χ1n) is 4.35. The van der Waals surface area contributed by atoms with Crippen LogP contribution >= 0.6 is 22.6 Å². The number of halogens is 1. The van der Waals surface area contributed by atoms with Gasteiger partial charge in [0.1, 0.15) is 0 Å². The fourth-order valence-electron chi connectivity index (χ4n) is 1.03. The van der Waals surface area contributed by atoms with Crippen molar-refractivity contribution in [1.29, 1.82) is 0 Å². The summed E-state index contributed by atoms with van der Waals surface area (Å²) in [6.45, 7) is 0. The summed E-state index contributed by atoms with van der Waals surface area (Å²) in [4.78, 5) is 0. The van der Waals surface area contributed by atoms with Gasteiger partial charge in [0.25, 0.3) is 0 Å². The predicted molar refractivity (Wildman–Crippen MR) is 67.3 cm³/mol. The van der Waals surface area contributed by atoms with Crippen molar-refractivity contribution in [3.8, 4) is 0 Å². The Morgan fingerprint density at radius 3 is 2.38 bits per heavy atom. The lowest BCUT2D eigenvalue weighted by molar-refractivity contribution is 1.27. The van der Waals surface area contributed by atoms with E-state index in [1.165, 1.54) is 5.56 Å². The van der Waals surface area contributed by atoms with E-state index in [2.05, 4.69) is 71.2 Å². The zero-order chi connectivity index (χ0) is 9.36. The van der Waals surface area contributed by atoms with Crippen LogP contribution in [0.3, 0.4) is 0 Å². The van der Waals surface area contributed by atoms with Gasteiger partial charge in [-0.25, -0.2) is 0 Å². The van der Waals surface area contributed by atoms with E-state index in [0.29, 0.717) is 0 Å². The summed E-state index contributed by atoms with van der Waals surface area (Å²) in [5, 5.41) is 0. The van der Waals surface area contributed by atoms with Crippen molar-refractivity contribution in [3.63, 3.8) is 0 Å². The van der Waals surface area contributed by atoms with Crippen LogP contribution in [0.5, 0.6) is 0 Å². The summed E-state index contributed by atoms with van der Waals surface area (Å²) in [5.41, 5.74) is 1.36. The lowest BCUT2D eigenvalue weighted by Crippen LogP contribution is -1.77. The number of allylic oxidation sites excluding steroid dienone is 4. The first-order chi connectivity index (χ1) is 6.43. The molecule has 0 unspecified atom stereocenters. The van der Waals surface area contributed by atoms with E-state index in [0.717, 1.165) is 10.8 Å². The molecular weight excluding hydrogens is 271 g/mol. The molecule has 0 heterocycles. The Hall–Kier alpha value is -0.570. The zero-order valence-electron chi connectivity index (χ0n) is 7.49. The number of alkyl halides is 1. The van der Waals surface area contributed by atoms with Gasteiger partial charge >= 0.3 is 0 Å². The maximum absolute atomic E-state index is 2.33. The summed E-state index contributed by atoms with van der Waals surface area (Å²) in [5.74, 6) is 0. The highest BCUT2D eigenvalue weighted by Gasteiger charge is 1.83. The molecule has 68 valence electrons. The van der Waals surface area contributed by atoms with E-state index in [9.17, 15) is 0 Å². The molecule has 0 N–H and O–H groups in total. The second-order valence-corrected chi connectivity index (χ2v) is 3.58. The van der Waals surface area contributed by atoms with Gasteiger partial charge in [0, 0.05) is 4.43 Å². The predicted octanol–water partition coefficient (Wildman–Crippen LogP) is 3.78. The highest BCUT2D eigenvalue weighted by Crippen LogP contribution is 1.99. The van der Waals surface area contributed by atoms with E-state index >= 15 is 0 Å². The third-order valence-electron chi connectivity index (χ3n) is 1.67. The normalized spacial score (nSPS) is 11.5. The van der Waals surface area contributed by atoms with Crippen molar-refractivity contribution in [3.05, 3.63) is 60.2 Å². The van der Waals surface area contributed by atoms with Crippen molar-refractivity contribution in [2.45, 2.75) is 6.42 Å². The monoisotopic (exact) mass is 284 g/mol. The van der Waals surface area contributed by atoms with Gasteiger partial charge in [-0.05, 0) is 12.0 Å². The Bertz CT molecular complexity index is 272. The van der Waals surface area contributed by atoms with Gasteiger partial charge in [0.15, 0.2) is 0 Å². The highest BCUT2D eigenvalue weighted by atomic mass is 127. The third kappa shape index (κ3) is 4.88. The van der Waals surface area contributed by atoms with Crippen LogP contribution in [0.4, 0.5) is 0 Å². The molecule has 0 bridgehead atoms. The van der Waals surface area contributed by atoms with Crippen molar-refractivity contribution in [1.82, 2.24) is 0 Å². The molecule has 0 amide bonds. The van der Waals surface area contributed by atoms with Gasteiger partial charge in [-0.3, -0.25) is 0 Å². The van der Waals surface area contributed by atoms with Gasteiger partial charge in [0.05, 0.1) is 0 Å². The number of benzene rings is 1. The quantitative estimate of drug-likeness (QED) is 0.448. The molecule has 0 nitrogen and oxygen atoms in total. The molecule has 0 radical (unpaired) electrons. The van der Waals surface area contributed by atoms with Crippen LogP contribution in [-0.4, -0.2) is 4.43 Å². The topological polar surface area (TPSA) is 0 Å². The molecule has 1 heteroatoms. The standard InChI is InChI=1S/C12H13I/c13-11-7-2-1-4-8-12-9-5-3-6-10-12/h1-7,9-10H,8,11H2/b4-1+,7-2+. The minimum atomic E-state index is 1.02. The molecule has 0 aliphatic heterocycles. The fraction of sp³-hybridized carbons (Fsp3) is 0.167. The minimum Gasteiger partial charge on any atom is -0.0818 e. The minimum absolute atomic E-state index is 1.02. The molecule has 0 aliphatic rings. The van der Waals surface area contributed by atoms with Crippen LogP contribution in [0.2, 0.25) is 0 Å².